The second-order valence-electron chi connectivity index (χ2n) is 6.98. The van der Waals surface area contributed by atoms with Crippen LogP contribution in [-0.4, -0.2) is 41.6 Å². The van der Waals surface area contributed by atoms with Gasteiger partial charge in [-0.1, -0.05) is 23.2 Å². The Morgan fingerprint density at radius 3 is 2.35 bits per heavy atom. The monoisotopic (exact) mass is 393 g/mol. The van der Waals surface area contributed by atoms with Crippen molar-refractivity contribution >= 4 is 45.0 Å². The van der Waals surface area contributed by atoms with E-state index in [1.807, 2.05) is 36.4 Å². The maximum absolute atomic E-state index is 10.6. The molecule has 138 valence electrons. The summed E-state index contributed by atoms with van der Waals surface area (Å²) in [5.74, 6) is 0. The Balaban J connectivity index is 1.56. The predicted molar refractivity (Wildman–Crippen MR) is 106 cm³/mol. The van der Waals surface area contributed by atoms with E-state index in [0.29, 0.717) is 29.2 Å². The lowest BCUT2D eigenvalue weighted by Gasteiger charge is -2.14. The topological polar surface area (TPSA) is 51.0 Å². The first kappa shape index (κ1) is 18.1. The number of hydrogen-bond donors (Lipinski definition) is 2. The number of fused-ring (bicyclic) bond motifs is 3. The molecule has 0 amide bonds. The number of ether oxygens (including phenoxy) is 1. The highest BCUT2D eigenvalue weighted by Gasteiger charge is 2.19. The molecule has 6 heteroatoms. The molecule has 3 N–H and O–H groups in total. The zero-order valence-electron chi connectivity index (χ0n) is 14.5. The number of benzene rings is 2. The van der Waals surface area contributed by atoms with E-state index in [1.54, 1.807) is 0 Å². The number of hydrogen-bond acceptors (Lipinski definition) is 2. The second-order valence-corrected chi connectivity index (χ2v) is 7.86. The van der Waals surface area contributed by atoms with Crippen molar-refractivity contribution in [2.45, 2.75) is 31.6 Å². The quantitative estimate of drug-likeness (QED) is 0.675. The lowest BCUT2D eigenvalue weighted by atomic mass is 10.1. The average Bonchev–Trinajstić information content (AvgIpc) is 3.22. The third-order valence-electron chi connectivity index (χ3n) is 5.07. The summed E-state index contributed by atoms with van der Waals surface area (Å²) in [6, 6.07) is 11.7. The van der Waals surface area contributed by atoms with Gasteiger partial charge in [-0.2, -0.15) is 0 Å². The molecular weight excluding hydrogens is 371 g/mol. The van der Waals surface area contributed by atoms with Crippen LogP contribution >= 0.6 is 23.2 Å². The number of halogens is 2. The molecule has 2 aromatic carbocycles. The van der Waals surface area contributed by atoms with Crippen molar-refractivity contribution in [3.63, 3.8) is 0 Å². The smallest absolute Gasteiger partial charge is 0.121 e. The Hall–Kier alpha value is -1.30. The van der Waals surface area contributed by atoms with E-state index in [1.165, 1.54) is 0 Å². The van der Waals surface area contributed by atoms with Crippen molar-refractivity contribution in [1.29, 1.82) is 0 Å². The molecule has 2 atom stereocenters. The van der Waals surface area contributed by atoms with Gasteiger partial charge in [0.2, 0.25) is 0 Å². The van der Waals surface area contributed by atoms with Crippen molar-refractivity contribution in [2.24, 2.45) is 0 Å². The molecule has 1 aliphatic rings. The van der Waals surface area contributed by atoms with E-state index in [4.69, 9.17) is 27.9 Å². The number of quaternary nitrogens is 1. The Labute approximate surface area is 162 Å². The van der Waals surface area contributed by atoms with Crippen molar-refractivity contribution in [1.82, 2.24) is 4.57 Å². The molecule has 0 unspecified atom stereocenters. The molecule has 0 saturated carbocycles. The molecule has 4 nitrogen and oxygen atoms in total. The summed E-state index contributed by atoms with van der Waals surface area (Å²) in [5, 5.41) is 16.2. The third-order valence-corrected chi connectivity index (χ3v) is 5.54. The molecule has 0 spiro atoms. The van der Waals surface area contributed by atoms with Crippen molar-refractivity contribution in [3.05, 3.63) is 46.4 Å². The lowest BCUT2D eigenvalue weighted by molar-refractivity contribution is -0.666. The Morgan fingerprint density at radius 2 is 1.77 bits per heavy atom. The molecule has 3 aromatic rings. The molecule has 0 radical (unpaired) electrons. The normalized spacial score (nSPS) is 18.8. The number of aliphatic hydroxyl groups excluding tert-OH is 1. The molecule has 2 heterocycles. The van der Waals surface area contributed by atoms with E-state index in [2.05, 4.69) is 9.88 Å². The van der Waals surface area contributed by atoms with Crippen LogP contribution in [0.15, 0.2) is 36.4 Å². The van der Waals surface area contributed by atoms with Crippen LogP contribution in [0.5, 0.6) is 0 Å². The highest BCUT2D eigenvalue weighted by Crippen LogP contribution is 2.32. The summed E-state index contributed by atoms with van der Waals surface area (Å²) in [5.41, 5.74) is 2.12. The van der Waals surface area contributed by atoms with Gasteiger partial charge in [-0.05, 0) is 49.2 Å². The van der Waals surface area contributed by atoms with Gasteiger partial charge in [0.25, 0.3) is 0 Å². The van der Waals surface area contributed by atoms with Gasteiger partial charge >= 0.3 is 0 Å². The van der Waals surface area contributed by atoms with E-state index >= 15 is 0 Å². The SMILES string of the molecule is O[C@H](C[NH2+]C[C@@H]1CCCO1)Cn1c2ccc(Cl)cc2c2cc(Cl)ccc21. The Kier molecular flexibility index (Phi) is 5.39. The largest absolute Gasteiger partial charge is 0.385 e. The minimum atomic E-state index is -0.443. The molecule has 1 aromatic heterocycles. The minimum absolute atomic E-state index is 0.333. The first-order valence-corrected chi connectivity index (χ1v) is 9.86. The van der Waals surface area contributed by atoms with Crippen LogP contribution < -0.4 is 5.32 Å². The molecular formula is C20H23Cl2N2O2+. The van der Waals surface area contributed by atoms with Gasteiger partial charge in [0.05, 0.1) is 6.54 Å². The van der Waals surface area contributed by atoms with Crippen LogP contribution in [0.4, 0.5) is 0 Å². The van der Waals surface area contributed by atoms with Gasteiger partial charge in [-0.3, -0.25) is 0 Å². The van der Waals surface area contributed by atoms with Gasteiger partial charge < -0.3 is 19.7 Å². The standard InChI is InChI=1S/C20H22Cl2N2O2/c21-13-3-5-19-17(8-13)18-9-14(22)4-6-20(18)24(19)12-15(25)10-23-11-16-2-1-7-26-16/h3-6,8-9,15-16,23,25H,1-2,7,10-12H2/p+1/t15-,16+/m1/s1. The lowest BCUT2D eigenvalue weighted by Crippen LogP contribution is -2.88. The van der Waals surface area contributed by atoms with Crippen LogP contribution in [0, 0.1) is 0 Å². The van der Waals surface area contributed by atoms with Crippen molar-refractivity contribution in [2.75, 3.05) is 19.7 Å². The maximum atomic E-state index is 10.6. The van der Waals surface area contributed by atoms with Gasteiger partial charge in [-0.25, -0.2) is 0 Å². The first-order chi connectivity index (χ1) is 12.6. The highest BCUT2D eigenvalue weighted by molar-refractivity contribution is 6.33. The van der Waals surface area contributed by atoms with Crippen molar-refractivity contribution in [3.8, 4) is 0 Å². The maximum Gasteiger partial charge on any atom is 0.121 e. The molecule has 0 aliphatic carbocycles. The fourth-order valence-electron chi connectivity index (χ4n) is 3.84. The van der Waals surface area contributed by atoms with Crippen molar-refractivity contribution < 1.29 is 15.2 Å². The Bertz CT molecular complexity index is 860. The van der Waals surface area contributed by atoms with Crippen LogP contribution in [-0.2, 0) is 11.3 Å². The van der Waals surface area contributed by atoms with E-state index in [9.17, 15) is 5.11 Å². The van der Waals surface area contributed by atoms with E-state index in [-0.39, 0.29) is 0 Å². The zero-order valence-corrected chi connectivity index (χ0v) is 16.0. The van der Waals surface area contributed by atoms with Crippen LogP contribution in [0.25, 0.3) is 21.8 Å². The molecule has 4 rings (SSSR count). The molecule has 26 heavy (non-hydrogen) atoms. The summed E-state index contributed by atoms with van der Waals surface area (Å²) >= 11 is 12.4. The molecule has 1 saturated heterocycles. The minimum Gasteiger partial charge on any atom is -0.385 e. The number of aromatic nitrogens is 1. The molecule has 1 aliphatic heterocycles. The van der Waals surface area contributed by atoms with Gasteiger partial charge in [0.1, 0.15) is 25.3 Å². The summed E-state index contributed by atoms with van der Waals surface area (Å²) in [6.07, 6.45) is 2.16. The van der Waals surface area contributed by atoms with E-state index in [0.717, 1.165) is 47.8 Å². The fraction of sp³-hybridized carbons (Fsp3) is 0.400. The number of nitrogens with two attached hydrogens (primary N) is 1. The first-order valence-electron chi connectivity index (χ1n) is 9.10. The van der Waals surface area contributed by atoms with E-state index < -0.39 is 6.10 Å². The predicted octanol–water partition coefficient (Wildman–Crippen LogP) is 3.20. The summed E-state index contributed by atoms with van der Waals surface area (Å²) < 4.78 is 7.79. The zero-order chi connectivity index (χ0) is 18.1. The van der Waals surface area contributed by atoms with Crippen LogP contribution in [0.1, 0.15) is 12.8 Å². The second kappa shape index (κ2) is 7.75. The van der Waals surface area contributed by atoms with Gasteiger partial charge in [0.15, 0.2) is 0 Å². The highest BCUT2D eigenvalue weighted by atomic mass is 35.5. The average molecular weight is 394 g/mol. The third kappa shape index (κ3) is 3.71. The fourth-order valence-corrected chi connectivity index (χ4v) is 4.18. The van der Waals surface area contributed by atoms with Crippen LogP contribution in [0.3, 0.4) is 0 Å². The molecule has 0 bridgehead atoms. The van der Waals surface area contributed by atoms with Gasteiger partial charge in [-0.15, -0.1) is 0 Å². The van der Waals surface area contributed by atoms with Gasteiger partial charge in [0, 0.05) is 38.5 Å². The Morgan fingerprint density at radius 1 is 1.12 bits per heavy atom. The number of aliphatic hydroxyl groups is 1. The van der Waals surface area contributed by atoms with Crippen LogP contribution in [0.2, 0.25) is 10.0 Å². The summed E-state index contributed by atoms with van der Waals surface area (Å²) in [4.78, 5) is 0. The number of nitrogens with zero attached hydrogens (tertiary/aromatic N) is 1. The summed E-state index contributed by atoms with van der Waals surface area (Å²) in [6.45, 7) is 2.97. The molecule has 1 fully saturated rings. The summed E-state index contributed by atoms with van der Waals surface area (Å²) in [7, 11) is 0. The number of rotatable bonds is 6.